The number of rotatable bonds is 12. The molecule has 1 heterocycles. The first kappa shape index (κ1) is 25.0. The molecule has 8 nitrogen and oxygen atoms in total. The third-order valence-electron chi connectivity index (χ3n) is 5.14. The Morgan fingerprint density at radius 3 is 2.26 bits per heavy atom. The zero-order chi connectivity index (χ0) is 24.5. The summed E-state index contributed by atoms with van der Waals surface area (Å²) in [7, 11) is 1.76. The molecule has 1 amide bonds. The van der Waals surface area contributed by atoms with Crippen LogP contribution in [0.3, 0.4) is 0 Å². The summed E-state index contributed by atoms with van der Waals surface area (Å²) in [5, 5.41) is 4.12. The van der Waals surface area contributed by atoms with Crippen LogP contribution < -0.4 is 25.2 Å². The van der Waals surface area contributed by atoms with Crippen molar-refractivity contribution in [1.29, 1.82) is 0 Å². The molecule has 0 saturated carbocycles. The van der Waals surface area contributed by atoms with Gasteiger partial charge in [-0.05, 0) is 51.5 Å². The summed E-state index contributed by atoms with van der Waals surface area (Å²) in [5.41, 5.74) is 1.32. The molecule has 0 atom stereocenters. The minimum Gasteiger partial charge on any atom is -0.490 e. The lowest BCUT2D eigenvalue weighted by Gasteiger charge is -2.20. The second-order valence-corrected chi connectivity index (χ2v) is 7.58. The van der Waals surface area contributed by atoms with Crippen molar-refractivity contribution >= 4 is 22.6 Å². The number of benzene rings is 2. The lowest BCUT2D eigenvalue weighted by molar-refractivity contribution is 0.0793. The molecule has 182 valence electrons. The second kappa shape index (κ2) is 12.0. The van der Waals surface area contributed by atoms with Crippen LogP contribution in [-0.2, 0) is 0 Å². The summed E-state index contributed by atoms with van der Waals surface area (Å²) >= 11 is 0. The van der Waals surface area contributed by atoms with Gasteiger partial charge < -0.3 is 28.8 Å². The van der Waals surface area contributed by atoms with Gasteiger partial charge >= 0.3 is 5.63 Å². The smallest absolute Gasteiger partial charge is 0.338 e. The second-order valence-electron chi connectivity index (χ2n) is 7.58. The molecule has 34 heavy (non-hydrogen) atoms. The summed E-state index contributed by atoms with van der Waals surface area (Å²) in [5.74, 6) is 1.34. The quantitative estimate of drug-likeness (QED) is 0.308. The van der Waals surface area contributed by atoms with Gasteiger partial charge in [-0.25, -0.2) is 4.79 Å². The Morgan fingerprint density at radius 2 is 1.62 bits per heavy atom. The van der Waals surface area contributed by atoms with E-state index in [1.54, 1.807) is 30.1 Å². The molecule has 0 aliphatic rings. The number of nitrogens with zero attached hydrogens (tertiary/aromatic N) is 1. The molecule has 3 rings (SSSR count). The predicted octanol–water partition coefficient (Wildman–Crippen LogP) is 4.56. The van der Waals surface area contributed by atoms with Crippen molar-refractivity contribution in [2.24, 2.45) is 0 Å². The minimum atomic E-state index is -0.404. The van der Waals surface area contributed by atoms with E-state index in [-0.39, 0.29) is 5.91 Å². The van der Waals surface area contributed by atoms with E-state index >= 15 is 0 Å². The highest BCUT2D eigenvalue weighted by atomic mass is 16.5. The minimum absolute atomic E-state index is 0.143. The summed E-state index contributed by atoms with van der Waals surface area (Å²) in [6.07, 6.45) is 0.685. The number of carbonyl (C=O) groups is 1. The molecule has 0 aliphatic carbocycles. The lowest BCUT2D eigenvalue weighted by Crippen LogP contribution is -2.29. The topological polar surface area (TPSA) is 90.2 Å². The highest BCUT2D eigenvalue weighted by Gasteiger charge is 2.20. The van der Waals surface area contributed by atoms with Crippen LogP contribution in [0, 0.1) is 0 Å². The number of carbonyl (C=O) groups excluding carboxylic acids is 1. The Kier molecular flexibility index (Phi) is 8.79. The summed E-state index contributed by atoms with van der Waals surface area (Å²) in [6.45, 7) is 8.09. The first-order chi connectivity index (χ1) is 16.5. The molecule has 1 aromatic heterocycles. The number of para-hydroxylation sites is 1. The molecule has 0 radical (unpaired) electrons. The van der Waals surface area contributed by atoms with Gasteiger partial charge in [-0.1, -0.05) is 12.1 Å². The highest BCUT2D eigenvalue weighted by Crippen LogP contribution is 2.39. The maximum atomic E-state index is 13.1. The van der Waals surface area contributed by atoms with Gasteiger partial charge in [0.15, 0.2) is 11.5 Å². The molecule has 2 aromatic carbocycles. The lowest BCUT2D eigenvalue weighted by atomic mass is 10.1. The van der Waals surface area contributed by atoms with Gasteiger partial charge in [-0.2, -0.15) is 0 Å². The number of fused-ring (bicyclic) bond motifs is 1. The van der Waals surface area contributed by atoms with E-state index in [9.17, 15) is 9.59 Å². The molecule has 0 saturated heterocycles. The average Bonchev–Trinajstić information content (AvgIpc) is 2.83. The summed E-state index contributed by atoms with van der Waals surface area (Å²) in [4.78, 5) is 26.6. The predicted molar refractivity (Wildman–Crippen MR) is 133 cm³/mol. The van der Waals surface area contributed by atoms with Gasteiger partial charge in [0.05, 0.1) is 25.5 Å². The van der Waals surface area contributed by atoms with Gasteiger partial charge in [0.25, 0.3) is 5.91 Å². The highest BCUT2D eigenvalue weighted by molar-refractivity contribution is 5.95. The first-order valence-electron chi connectivity index (χ1n) is 11.6. The summed E-state index contributed by atoms with van der Waals surface area (Å²) < 4.78 is 22.4. The van der Waals surface area contributed by atoms with E-state index < -0.39 is 5.63 Å². The van der Waals surface area contributed by atoms with Crippen LogP contribution in [0.2, 0.25) is 0 Å². The van der Waals surface area contributed by atoms with E-state index in [2.05, 4.69) is 5.32 Å². The number of hydrogen-bond acceptors (Lipinski definition) is 7. The maximum absolute atomic E-state index is 13.1. The molecule has 0 spiro atoms. The van der Waals surface area contributed by atoms with E-state index in [1.807, 2.05) is 39.0 Å². The molecule has 0 fully saturated rings. The number of anilines is 1. The number of ether oxygens (including phenoxy) is 3. The van der Waals surface area contributed by atoms with Gasteiger partial charge in [0.1, 0.15) is 5.58 Å². The van der Waals surface area contributed by atoms with Crippen LogP contribution in [0.5, 0.6) is 17.2 Å². The van der Waals surface area contributed by atoms with Crippen molar-refractivity contribution in [3.8, 4) is 17.2 Å². The van der Waals surface area contributed by atoms with Crippen molar-refractivity contribution in [2.75, 3.05) is 45.3 Å². The van der Waals surface area contributed by atoms with E-state index in [0.717, 1.165) is 11.1 Å². The Bertz CT molecular complexity index is 1150. The van der Waals surface area contributed by atoms with Crippen molar-refractivity contribution in [2.45, 2.75) is 27.2 Å². The third-order valence-corrected chi connectivity index (χ3v) is 5.14. The van der Waals surface area contributed by atoms with Crippen LogP contribution in [0.25, 0.3) is 11.0 Å². The monoisotopic (exact) mass is 468 g/mol. The Morgan fingerprint density at radius 1 is 0.971 bits per heavy atom. The van der Waals surface area contributed by atoms with Crippen molar-refractivity contribution in [3.63, 3.8) is 0 Å². The normalized spacial score (nSPS) is 10.7. The van der Waals surface area contributed by atoms with E-state index in [4.69, 9.17) is 18.6 Å². The molecule has 8 heteroatoms. The molecule has 0 aliphatic heterocycles. The number of nitrogens with one attached hydrogen (secondary N) is 1. The Balaban J connectivity index is 1.67. The SMILES string of the molecule is CCOc1cc(C(=O)N(C)CCCNc2cc(=O)oc3ccccc23)cc(OCC)c1OCC. The standard InChI is InChI=1S/C26H32N2O6/c1-5-31-22-15-18(16-23(32-6-2)25(22)33-7-3)26(30)28(4)14-10-13-27-20-17-24(29)34-21-12-9-8-11-19(20)21/h8-9,11-12,15-17,27H,5-7,10,13-14H2,1-4H3. The first-order valence-corrected chi connectivity index (χ1v) is 11.6. The van der Waals surface area contributed by atoms with Gasteiger partial charge in [0.2, 0.25) is 5.75 Å². The van der Waals surface area contributed by atoms with Crippen LogP contribution in [-0.4, -0.2) is 50.8 Å². The molecule has 0 bridgehead atoms. The van der Waals surface area contributed by atoms with Gasteiger partial charge in [-0.3, -0.25) is 4.79 Å². The average molecular weight is 469 g/mol. The van der Waals surface area contributed by atoms with Crippen LogP contribution >= 0.6 is 0 Å². The zero-order valence-electron chi connectivity index (χ0n) is 20.2. The van der Waals surface area contributed by atoms with Crippen LogP contribution in [0.1, 0.15) is 37.6 Å². The zero-order valence-corrected chi connectivity index (χ0v) is 20.2. The van der Waals surface area contributed by atoms with Crippen molar-refractivity contribution in [1.82, 2.24) is 4.90 Å². The van der Waals surface area contributed by atoms with Crippen LogP contribution in [0.15, 0.2) is 51.7 Å². The summed E-state index contributed by atoms with van der Waals surface area (Å²) in [6, 6.07) is 12.2. The maximum Gasteiger partial charge on any atom is 0.338 e. The Labute approximate surface area is 199 Å². The molecule has 3 aromatic rings. The molecule has 0 unspecified atom stereocenters. The molecular formula is C26H32N2O6. The Hall–Kier alpha value is -3.68. The number of amides is 1. The fourth-order valence-corrected chi connectivity index (χ4v) is 3.63. The number of hydrogen-bond donors (Lipinski definition) is 1. The van der Waals surface area contributed by atoms with Crippen molar-refractivity contribution in [3.05, 3.63) is 58.4 Å². The fourth-order valence-electron chi connectivity index (χ4n) is 3.63. The van der Waals surface area contributed by atoms with Gasteiger partial charge in [-0.15, -0.1) is 0 Å². The van der Waals surface area contributed by atoms with Crippen molar-refractivity contribution < 1.29 is 23.4 Å². The van der Waals surface area contributed by atoms with Gasteiger partial charge in [0, 0.05) is 37.2 Å². The molecular weight excluding hydrogens is 436 g/mol. The fraction of sp³-hybridized carbons (Fsp3) is 0.385. The third kappa shape index (κ3) is 6.01. The van der Waals surface area contributed by atoms with E-state index in [0.29, 0.717) is 67.7 Å². The largest absolute Gasteiger partial charge is 0.490 e. The van der Waals surface area contributed by atoms with E-state index in [1.165, 1.54) is 6.07 Å². The molecule has 1 N–H and O–H groups in total. The van der Waals surface area contributed by atoms with Crippen LogP contribution in [0.4, 0.5) is 5.69 Å².